The van der Waals surface area contributed by atoms with Crippen LogP contribution in [0.2, 0.25) is 0 Å². The number of alkyl halides is 1. The van der Waals surface area contributed by atoms with Crippen molar-refractivity contribution in [1.29, 1.82) is 0 Å². The molecule has 3 aliphatic rings. The number of carbonyl (C=O) groups is 1. The van der Waals surface area contributed by atoms with E-state index in [1.165, 1.54) is 0 Å². The molecular formula is C26H30FN5O3. The molecule has 8 nitrogen and oxygen atoms in total. The van der Waals surface area contributed by atoms with Crippen molar-refractivity contribution >= 4 is 17.3 Å². The van der Waals surface area contributed by atoms with Gasteiger partial charge in [0.05, 0.1) is 24.4 Å². The third-order valence-electron chi connectivity index (χ3n) is 7.31. The van der Waals surface area contributed by atoms with Crippen LogP contribution in [0, 0.1) is 0 Å². The van der Waals surface area contributed by atoms with Gasteiger partial charge in [-0.2, -0.15) is 5.10 Å². The lowest BCUT2D eigenvalue weighted by Crippen LogP contribution is -2.51. The minimum Gasteiger partial charge on any atom is -0.441 e. The maximum Gasteiger partial charge on any atom is 0.410 e. The van der Waals surface area contributed by atoms with E-state index in [0.29, 0.717) is 39.3 Å². The molecule has 3 saturated heterocycles. The van der Waals surface area contributed by atoms with E-state index in [-0.39, 0.29) is 12.2 Å². The molecule has 0 bridgehead atoms. The summed E-state index contributed by atoms with van der Waals surface area (Å²) < 4.78 is 27.7. The molecule has 184 valence electrons. The van der Waals surface area contributed by atoms with Gasteiger partial charge in [0, 0.05) is 50.7 Å². The number of nitrogens with one attached hydrogen (secondary N) is 1. The van der Waals surface area contributed by atoms with Crippen LogP contribution in [0.1, 0.15) is 18.4 Å². The molecule has 3 aromatic rings. The first-order chi connectivity index (χ1) is 17.1. The average Bonchev–Trinajstić information content (AvgIpc) is 3.31. The Morgan fingerprint density at radius 1 is 1.11 bits per heavy atom. The first-order valence-electron chi connectivity index (χ1n) is 12.4. The Bertz CT molecular complexity index is 1200. The van der Waals surface area contributed by atoms with Crippen molar-refractivity contribution in [2.24, 2.45) is 0 Å². The Balaban J connectivity index is 1.17. The van der Waals surface area contributed by atoms with Crippen molar-refractivity contribution in [3.8, 4) is 11.1 Å². The van der Waals surface area contributed by atoms with Crippen molar-refractivity contribution in [1.82, 2.24) is 19.8 Å². The zero-order chi connectivity index (χ0) is 23.8. The molecule has 35 heavy (non-hydrogen) atoms. The zero-order valence-corrected chi connectivity index (χ0v) is 19.7. The van der Waals surface area contributed by atoms with Crippen LogP contribution in [-0.4, -0.2) is 79.2 Å². The Hall–Kier alpha value is -3.17. The highest BCUT2D eigenvalue weighted by Crippen LogP contribution is 2.35. The van der Waals surface area contributed by atoms with Gasteiger partial charge in [-0.05, 0) is 42.6 Å². The quantitative estimate of drug-likeness (QED) is 0.620. The first kappa shape index (κ1) is 22.3. The fourth-order valence-corrected chi connectivity index (χ4v) is 5.13. The molecule has 0 saturated carbocycles. The van der Waals surface area contributed by atoms with Crippen LogP contribution >= 0.6 is 0 Å². The number of amides is 1. The number of halogens is 1. The fourth-order valence-electron chi connectivity index (χ4n) is 5.13. The Kier molecular flexibility index (Phi) is 5.82. The predicted octanol–water partition coefficient (Wildman–Crippen LogP) is 3.21. The molecule has 1 atom stereocenters. The molecule has 3 fully saturated rings. The van der Waals surface area contributed by atoms with Gasteiger partial charge in [0.25, 0.3) is 0 Å². The number of piperazine rings is 1. The summed E-state index contributed by atoms with van der Waals surface area (Å²) in [4.78, 5) is 16.4. The van der Waals surface area contributed by atoms with Crippen LogP contribution < -0.4 is 10.2 Å². The SMILES string of the molecule is O=C(OC1COC1)N1CCN(c2ccnn3cc(-c4ccc([C@@]5(F)CCCNC5)cc4)cc23)CC1. The first-order valence-corrected chi connectivity index (χ1v) is 12.4. The smallest absolute Gasteiger partial charge is 0.410 e. The number of aromatic nitrogens is 2. The van der Waals surface area contributed by atoms with Crippen LogP contribution in [0.4, 0.5) is 14.9 Å². The fraction of sp³-hybridized carbons (Fsp3) is 0.462. The molecule has 0 unspecified atom stereocenters. The monoisotopic (exact) mass is 479 g/mol. The molecule has 9 heteroatoms. The number of anilines is 1. The molecule has 5 heterocycles. The van der Waals surface area contributed by atoms with Crippen LogP contribution in [0.5, 0.6) is 0 Å². The van der Waals surface area contributed by atoms with Gasteiger partial charge >= 0.3 is 6.09 Å². The summed E-state index contributed by atoms with van der Waals surface area (Å²) in [5.41, 5.74) is 3.60. The van der Waals surface area contributed by atoms with E-state index in [2.05, 4.69) is 21.4 Å². The van der Waals surface area contributed by atoms with Gasteiger partial charge in [0.1, 0.15) is 5.67 Å². The second-order valence-electron chi connectivity index (χ2n) is 9.62. The van der Waals surface area contributed by atoms with E-state index in [4.69, 9.17) is 9.47 Å². The average molecular weight is 480 g/mol. The number of nitrogens with zero attached hydrogens (tertiary/aromatic N) is 4. The van der Waals surface area contributed by atoms with E-state index >= 15 is 4.39 Å². The standard InChI is InChI=1S/C26H30FN5O3/c27-26(7-1-8-28-18-26)21-4-2-19(3-5-21)20-14-24-23(6-9-29-32(24)15-20)30-10-12-31(13-11-30)25(33)35-22-16-34-17-22/h2-6,9,14-15,22,28H,1,7-8,10-13,16-18H2/t26-/m1/s1. The summed E-state index contributed by atoms with van der Waals surface area (Å²) in [6, 6.07) is 12.0. The molecular weight excluding hydrogens is 449 g/mol. The highest BCUT2D eigenvalue weighted by Gasteiger charge is 2.33. The van der Waals surface area contributed by atoms with Crippen LogP contribution in [0.25, 0.3) is 16.6 Å². The van der Waals surface area contributed by atoms with E-state index in [0.717, 1.165) is 53.9 Å². The van der Waals surface area contributed by atoms with Crippen LogP contribution in [-0.2, 0) is 15.1 Å². The topological polar surface area (TPSA) is 71.3 Å². The maximum atomic E-state index is 15.3. The summed E-state index contributed by atoms with van der Waals surface area (Å²) in [6.45, 7) is 4.89. The lowest BCUT2D eigenvalue weighted by atomic mass is 9.87. The summed E-state index contributed by atoms with van der Waals surface area (Å²) in [6.07, 6.45) is 4.85. The largest absolute Gasteiger partial charge is 0.441 e. The minimum atomic E-state index is -1.29. The molecule has 0 aliphatic carbocycles. The lowest BCUT2D eigenvalue weighted by Gasteiger charge is -2.37. The van der Waals surface area contributed by atoms with Gasteiger partial charge in [-0.3, -0.25) is 0 Å². The van der Waals surface area contributed by atoms with Crippen LogP contribution in [0.3, 0.4) is 0 Å². The molecule has 2 aromatic heterocycles. The van der Waals surface area contributed by atoms with Gasteiger partial charge in [0.15, 0.2) is 6.10 Å². The molecule has 1 amide bonds. The minimum absolute atomic E-state index is 0.108. The zero-order valence-electron chi connectivity index (χ0n) is 19.7. The van der Waals surface area contributed by atoms with Gasteiger partial charge in [-0.15, -0.1) is 0 Å². The molecule has 0 radical (unpaired) electrons. The lowest BCUT2D eigenvalue weighted by molar-refractivity contribution is -0.104. The highest BCUT2D eigenvalue weighted by atomic mass is 19.1. The number of ether oxygens (including phenoxy) is 2. The van der Waals surface area contributed by atoms with Gasteiger partial charge in [-0.1, -0.05) is 24.3 Å². The van der Waals surface area contributed by atoms with Gasteiger partial charge in [0.2, 0.25) is 0 Å². The summed E-state index contributed by atoms with van der Waals surface area (Å²) >= 11 is 0. The van der Waals surface area contributed by atoms with E-state index in [9.17, 15) is 4.79 Å². The second kappa shape index (κ2) is 9.13. The summed E-state index contributed by atoms with van der Waals surface area (Å²) in [5, 5.41) is 7.67. The van der Waals surface area contributed by atoms with Crippen molar-refractivity contribution in [2.75, 3.05) is 57.4 Å². The number of hydrogen-bond acceptors (Lipinski definition) is 6. The van der Waals surface area contributed by atoms with E-state index < -0.39 is 5.67 Å². The predicted molar refractivity (Wildman–Crippen MR) is 130 cm³/mol. The number of carbonyl (C=O) groups excluding carboxylic acids is 1. The Morgan fingerprint density at radius 2 is 1.91 bits per heavy atom. The number of hydrogen-bond donors (Lipinski definition) is 1. The second-order valence-corrected chi connectivity index (χ2v) is 9.62. The van der Waals surface area contributed by atoms with E-state index in [1.807, 2.05) is 41.0 Å². The normalized spacial score (nSPS) is 23.3. The highest BCUT2D eigenvalue weighted by molar-refractivity contribution is 5.80. The molecule has 1 N–H and O–H groups in total. The van der Waals surface area contributed by atoms with E-state index in [1.54, 1.807) is 11.1 Å². The van der Waals surface area contributed by atoms with Gasteiger partial charge in [-0.25, -0.2) is 13.7 Å². The summed E-state index contributed by atoms with van der Waals surface area (Å²) in [5.74, 6) is 0. The van der Waals surface area contributed by atoms with Crippen molar-refractivity contribution in [3.05, 3.63) is 54.4 Å². The Morgan fingerprint density at radius 3 is 2.60 bits per heavy atom. The third-order valence-corrected chi connectivity index (χ3v) is 7.31. The molecule has 0 spiro atoms. The number of fused-ring (bicyclic) bond motifs is 1. The summed E-state index contributed by atoms with van der Waals surface area (Å²) in [7, 11) is 0. The van der Waals surface area contributed by atoms with Gasteiger partial charge < -0.3 is 24.6 Å². The Labute approximate surface area is 203 Å². The molecule has 1 aromatic carbocycles. The maximum absolute atomic E-state index is 15.3. The molecule has 6 rings (SSSR count). The number of piperidine rings is 1. The third kappa shape index (κ3) is 4.34. The molecule has 3 aliphatic heterocycles. The number of rotatable bonds is 4. The number of benzene rings is 1. The van der Waals surface area contributed by atoms with Crippen molar-refractivity contribution in [2.45, 2.75) is 24.6 Å². The van der Waals surface area contributed by atoms with Crippen LogP contribution in [0.15, 0.2) is 48.8 Å². The van der Waals surface area contributed by atoms with Crippen molar-refractivity contribution < 1.29 is 18.7 Å². The van der Waals surface area contributed by atoms with Crippen molar-refractivity contribution in [3.63, 3.8) is 0 Å².